The predicted octanol–water partition coefficient (Wildman–Crippen LogP) is 12.8. The number of benzene rings is 7. The van der Waals surface area contributed by atoms with Crippen molar-refractivity contribution >= 4 is 71.8 Å². The molecule has 0 aliphatic carbocycles. The van der Waals surface area contributed by atoms with E-state index in [1.54, 1.807) is 0 Å². The first kappa shape index (κ1) is 27.5. The Balaban J connectivity index is 1.08. The van der Waals surface area contributed by atoms with Crippen molar-refractivity contribution in [1.29, 1.82) is 0 Å². The Morgan fingerprint density at radius 3 is 1.94 bits per heavy atom. The summed E-state index contributed by atoms with van der Waals surface area (Å²) in [6.45, 7) is 0. The fraction of sp³-hybridized carbons (Fsp3) is 0. The van der Waals surface area contributed by atoms with E-state index in [9.17, 15) is 0 Å². The molecule has 0 aliphatic heterocycles. The number of fused-ring (bicyclic) bond motifs is 7. The molecular formula is C45H28N2O2. The van der Waals surface area contributed by atoms with Crippen molar-refractivity contribution in [3.8, 4) is 22.3 Å². The Bertz CT molecular complexity index is 2830. The van der Waals surface area contributed by atoms with Crippen LogP contribution in [0.15, 0.2) is 179 Å². The van der Waals surface area contributed by atoms with Crippen LogP contribution < -0.4 is 4.90 Å². The zero-order chi connectivity index (χ0) is 32.3. The number of nitrogens with zero attached hydrogens (tertiary/aromatic N) is 2. The Labute approximate surface area is 282 Å². The van der Waals surface area contributed by atoms with Gasteiger partial charge in [0, 0.05) is 51.0 Å². The number of pyridine rings is 1. The second kappa shape index (κ2) is 11.0. The molecule has 3 aromatic heterocycles. The first-order chi connectivity index (χ1) is 24.3. The summed E-state index contributed by atoms with van der Waals surface area (Å²) >= 11 is 0. The standard InChI is InChI=1S/C45H28N2O2/c1-2-8-32-27-33(15-14-29(32)7-1)30-16-20-34(21-17-30)47(36-24-25-39-38-9-3-4-12-41(38)48-43(39)28-36)35-22-18-31(19-23-35)37-10-5-11-40-44-42(49-45(37)40)13-6-26-46-44/h1-28H. The second-order valence-electron chi connectivity index (χ2n) is 12.4. The average molecular weight is 629 g/mol. The lowest BCUT2D eigenvalue weighted by atomic mass is 10.0. The van der Waals surface area contributed by atoms with Crippen molar-refractivity contribution in [2.75, 3.05) is 4.90 Å². The van der Waals surface area contributed by atoms with Gasteiger partial charge in [-0.1, -0.05) is 91.0 Å². The largest absolute Gasteiger partial charge is 0.456 e. The monoisotopic (exact) mass is 628 g/mol. The summed E-state index contributed by atoms with van der Waals surface area (Å²) in [6.07, 6.45) is 1.81. The maximum absolute atomic E-state index is 6.33. The van der Waals surface area contributed by atoms with E-state index in [2.05, 4.69) is 149 Å². The molecule has 4 nitrogen and oxygen atoms in total. The fourth-order valence-corrected chi connectivity index (χ4v) is 7.11. The highest BCUT2D eigenvalue weighted by Crippen LogP contribution is 2.41. The van der Waals surface area contributed by atoms with Crippen molar-refractivity contribution in [1.82, 2.24) is 4.98 Å². The van der Waals surface area contributed by atoms with Gasteiger partial charge in [-0.3, -0.25) is 4.98 Å². The van der Waals surface area contributed by atoms with E-state index in [4.69, 9.17) is 8.83 Å². The Morgan fingerprint density at radius 1 is 0.408 bits per heavy atom. The predicted molar refractivity (Wildman–Crippen MR) is 202 cm³/mol. The smallest absolute Gasteiger partial charge is 0.153 e. The minimum atomic E-state index is 0.792. The van der Waals surface area contributed by atoms with E-state index in [1.165, 1.54) is 21.9 Å². The molecule has 10 aromatic rings. The van der Waals surface area contributed by atoms with Crippen molar-refractivity contribution in [2.45, 2.75) is 0 Å². The SMILES string of the molecule is c1ccc2cc(-c3ccc(N(c4ccc(-c5cccc6c5oc5cccnc56)cc4)c4ccc5c(c4)oc4ccccc45)cc3)ccc2c1. The molecule has 0 amide bonds. The van der Waals surface area contributed by atoms with Crippen molar-refractivity contribution in [2.24, 2.45) is 0 Å². The van der Waals surface area contributed by atoms with Gasteiger partial charge in [-0.05, 0) is 94.2 Å². The van der Waals surface area contributed by atoms with Crippen LogP contribution in [0.2, 0.25) is 0 Å². The Hall–Kier alpha value is -6.65. The van der Waals surface area contributed by atoms with Gasteiger partial charge in [0.2, 0.25) is 0 Å². The van der Waals surface area contributed by atoms with E-state index < -0.39 is 0 Å². The summed E-state index contributed by atoms with van der Waals surface area (Å²) in [4.78, 5) is 6.86. The van der Waals surface area contributed by atoms with Gasteiger partial charge in [-0.15, -0.1) is 0 Å². The minimum Gasteiger partial charge on any atom is -0.456 e. The first-order valence-electron chi connectivity index (χ1n) is 16.4. The third-order valence-electron chi connectivity index (χ3n) is 9.52. The topological polar surface area (TPSA) is 42.4 Å². The normalized spacial score (nSPS) is 11.7. The molecule has 0 saturated heterocycles. The number of hydrogen-bond acceptors (Lipinski definition) is 4. The molecule has 0 fully saturated rings. The quantitative estimate of drug-likeness (QED) is 0.190. The lowest BCUT2D eigenvalue weighted by Crippen LogP contribution is -2.09. The molecule has 0 bridgehead atoms. The molecule has 7 aromatic carbocycles. The first-order valence-corrected chi connectivity index (χ1v) is 16.4. The lowest BCUT2D eigenvalue weighted by Gasteiger charge is -2.26. The molecule has 3 heterocycles. The van der Waals surface area contributed by atoms with Gasteiger partial charge in [0.1, 0.15) is 22.3 Å². The van der Waals surface area contributed by atoms with Gasteiger partial charge in [-0.25, -0.2) is 0 Å². The third-order valence-corrected chi connectivity index (χ3v) is 9.52. The maximum Gasteiger partial charge on any atom is 0.153 e. The van der Waals surface area contributed by atoms with E-state index in [0.717, 1.165) is 72.2 Å². The number of rotatable bonds is 5. The summed E-state index contributed by atoms with van der Waals surface area (Å²) in [5, 5.41) is 5.72. The van der Waals surface area contributed by atoms with Gasteiger partial charge in [0.25, 0.3) is 0 Å². The van der Waals surface area contributed by atoms with Crippen LogP contribution >= 0.6 is 0 Å². The number of anilines is 3. The molecule has 0 radical (unpaired) electrons. The number of furan rings is 2. The number of aromatic nitrogens is 1. The van der Waals surface area contributed by atoms with Crippen LogP contribution in [0, 0.1) is 0 Å². The van der Waals surface area contributed by atoms with Gasteiger partial charge in [-0.2, -0.15) is 0 Å². The zero-order valence-corrected chi connectivity index (χ0v) is 26.4. The molecule has 0 atom stereocenters. The van der Waals surface area contributed by atoms with Crippen molar-refractivity contribution in [3.63, 3.8) is 0 Å². The Kier molecular flexibility index (Phi) is 6.15. The fourth-order valence-electron chi connectivity index (χ4n) is 7.11. The third kappa shape index (κ3) is 4.57. The molecular weight excluding hydrogens is 601 g/mol. The Morgan fingerprint density at radius 2 is 1.08 bits per heavy atom. The van der Waals surface area contributed by atoms with E-state index in [1.807, 2.05) is 30.5 Å². The van der Waals surface area contributed by atoms with Gasteiger partial charge in [0.15, 0.2) is 5.58 Å². The summed E-state index contributed by atoms with van der Waals surface area (Å²) in [5.41, 5.74) is 11.9. The molecule has 0 N–H and O–H groups in total. The molecule has 0 aliphatic rings. The molecule has 0 saturated carbocycles. The van der Waals surface area contributed by atoms with Crippen LogP contribution in [-0.2, 0) is 0 Å². The van der Waals surface area contributed by atoms with E-state index in [0.29, 0.717) is 0 Å². The van der Waals surface area contributed by atoms with E-state index in [-0.39, 0.29) is 0 Å². The molecule has 4 heteroatoms. The van der Waals surface area contributed by atoms with Crippen LogP contribution in [0.4, 0.5) is 17.1 Å². The van der Waals surface area contributed by atoms with Crippen molar-refractivity contribution in [3.05, 3.63) is 170 Å². The lowest BCUT2D eigenvalue weighted by molar-refractivity contribution is 0.668. The average Bonchev–Trinajstić information content (AvgIpc) is 3.74. The molecule has 0 spiro atoms. The molecule has 10 rings (SSSR count). The number of para-hydroxylation sites is 2. The highest BCUT2D eigenvalue weighted by atomic mass is 16.3. The molecule has 0 unspecified atom stereocenters. The summed E-state index contributed by atoms with van der Waals surface area (Å²) < 4.78 is 12.6. The van der Waals surface area contributed by atoms with E-state index >= 15 is 0 Å². The second-order valence-corrected chi connectivity index (χ2v) is 12.4. The number of hydrogen-bond donors (Lipinski definition) is 0. The van der Waals surface area contributed by atoms with Gasteiger partial charge in [0.05, 0.1) is 0 Å². The highest BCUT2D eigenvalue weighted by molar-refractivity contribution is 6.08. The van der Waals surface area contributed by atoms with Gasteiger partial charge < -0.3 is 13.7 Å². The maximum atomic E-state index is 6.33. The van der Waals surface area contributed by atoms with Crippen LogP contribution in [-0.4, -0.2) is 4.98 Å². The minimum absolute atomic E-state index is 0.792. The van der Waals surface area contributed by atoms with Crippen LogP contribution in [0.25, 0.3) is 77.0 Å². The van der Waals surface area contributed by atoms with Gasteiger partial charge >= 0.3 is 0 Å². The summed E-state index contributed by atoms with van der Waals surface area (Å²) in [6, 6.07) is 57.4. The van der Waals surface area contributed by atoms with Crippen LogP contribution in [0.5, 0.6) is 0 Å². The highest BCUT2D eigenvalue weighted by Gasteiger charge is 2.17. The van der Waals surface area contributed by atoms with Crippen LogP contribution in [0.1, 0.15) is 0 Å². The van der Waals surface area contributed by atoms with Crippen LogP contribution in [0.3, 0.4) is 0 Å². The summed E-state index contributed by atoms with van der Waals surface area (Å²) in [7, 11) is 0. The molecule has 49 heavy (non-hydrogen) atoms. The zero-order valence-electron chi connectivity index (χ0n) is 26.4. The molecule has 230 valence electrons. The van der Waals surface area contributed by atoms with Crippen molar-refractivity contribution < 1.29 is 8.83 Å². The summed E-state index contributed by atoms with van der Waals surface area (Å²) in [5.74, 6) is 0.